The molecule has 1 aromatic rings. The Morgan fingerprint density at radius 2 is 2.00 bits per heavy atom. The van der Waals surface area contributed by atoms with Crippen molar-refractivity contribution in [1.82, 2.24) is 5.32 Å². The van der Waals surface area contributed by atoms with Gasteiger partial charge in [-0.2, -0.15) is 0 Å². The summed E-state index contributed by atoms with van der Waals surface area (Å²) in [6, 6.07) is 7.75. The molecule has 0 aliphatic rings. The van der Waals surface area contributed by atoms with Gasteiger partial charge in [0.1, 0.15) is 0 Å². The molecule has 0 aliphatic carbocycles. The molecule has 0 aliphatic heterocycles. The molecule has 1 rings (SSSR count). The molecule has 1 N–H and O–H groups in total. The molecule has 0 heterocycles. The molecular weight excluding hydrogens is 240 g/mol. The van der Waals surface area contributed by atoms with Crippen LogP contribution in [0.2, 0.25) is 0 Å². The molecule has 0 radical (unpaired) electrons. The minimum atomic E-state index is -2.25. The van der Waals surface area contributed by atoms with Crippen molar-refractivity contribution < 1.29 is 8.78 Å². The van der Waals surface area contributed by atoms with E-state index >= 15 is 0 Å². The highest BCUT2D eigenvalue weighted by molar-refractivity contribution is 7.99. The highest BCUT2D eigenvalue weighted by Gasteiger charge is 2.09. The fraction of sp³-hybridized carbons (Fsp3) is 0.538. The number of nitrogens with one attached hydrogen (secondary N) is 1. The van der Waals surface area contributed by atoms with Gasteiger partial charge in [0.05, 0.1) is 5.75 Å². The third-order valence-electron chi connectivity index (χ3n) is 2.10. The first kappa shape index (κ1) is 14.5. The summed E-state index contributed by atoms with van der Waals surface area (Å²) in [5.74, 6) is -0.143. The van der Waals surface area contributed by atoms with Crippen LogP contribution >= 0.6 is 11.8 Å². The van der Waals surface area contributed by atoms with Crippen molar-refractivity contribution in [2.24, 2.45) is 0 Å². The molecule has 0 amide bonds. The molecule has 0 saturated carbocycles. The molecule has 0 aromatic heterocycles. The topological polar surface area (TPSA) is 12.0 Å². The lowest BCUT2D eigenvalue weighted by Crippen LogP contribution is -2.35. The minimum Gasteiger partial charge on any atom is -0.308 e. The van der Waals surface area contributed by atoms with Crippen LogP contribution in [0.15, 0.2) is 29.2 Å². The fourth-order valence-corrected chi connectivity index (χ4v) is 2.00. The van der Waals surface area contributed by atoms with Gasteiger partial charge in [0.15, 0.2) is 0 Å². The lowest BCUT2D eigenvalue weighted by Gasteiger charge is -2.20. The van der Waals surface area contributed by atoms with Gasteiger partial charge in [-0.05, 0) is 38.5 Å². The van der Waals surface area contributed by atoms with Gasteiger partial charge in [-0.1, -0.05) is 12.1 Å². The van der Waals surface area contributed by atoms with Crippen molar-refractivity contribution in [3.05, 3.63) is 29.8 Å². The molecule has 0 atom stereocenters. The SMILES string of the molecule is CC(C)(C)NCc1cccc(SCC(F)F)c1. The van der Waals surface area contributed by atoms with Gasteiger partial charge in [-0.25, -0.2) is 8.78 Å². The number of hydrogen-bond acceptors (Lipinski definition) is 2. The molecule has 1 aromatic carbocycles. The maximum Gasteiger partial charge on any atom is 0.247 e. The van der Waals surface area contributed by atoms with Crippen LogP contribution in [0, 0.1) is 0 Å². The smallest absolute Gasteiger partial charge is 0.247 e. The van der Waals surface area contributed by atoms with Crippen LogP contribution in [-0.4, -0.2) is 17.7 Å². The molecule has 1 nitrogen and oxygen atoms in total. The Bertz CT molecular complexity index is 348. The first-order valence-corrected chi connectivity index (χ1v) is 6.60. The Hall–Kier alpha value is -0.610. The Labute approximate surface area is 106 Å². The molecule has 0 saturated heterocycles. The molecule has 0 unspecified atom stereocenters. The van der Waals surface area contributed by atoms with E-state index in [4.69, 9.17) is 0 Å². The van der Waals surface area contributed by atoms with Crippen molar-refractivity contribution in [2.75, 3.05) is 5.75 Å². The molecule has 0 bridgehead atoms. The largest absolute Gasteiger partial charge is 0.308 e. The van der Waals surface area contributed by atoms with Crippen molar-refractivity contribution >= 4 is 11.8 Å². The summed E-state index contributed by atoms with van der Waals surface area (Å²) in [5, 5.41) is 3.37. The second-order valence-electron chi connectivity index (χ2n) is 4.95. The zero-order valence-corrected chi connectivity index (χ0v) is 11.3. The summed E-state index contributed by atoms with van der Waals surface area (Å²) >= 11 is 1.20. The van der Waals surface area contributed by atoms with Crippen LogP contribution in [0.4, 0.5) is 8.78 Å². The molecule has 4 heteroatoms. The van der Waals surface area contributed by atoms with Crippen molar-refractivity contribution in [2.45, 2.75) is 44.2 Å². The summed E-state index contributed by atoms with van der Waals surface area (Å²) in [6.07, 6.45) is -2.25. The van der Waals surface area contributed by atoms with E-state index < -0.39 is 6.43 Å². The average Bonchev–Trinajstić information content (AvgIpc) is 2.23. The van der Waals surface area contributed by atoms with E-state index in [9.17, 15) is 8.78 Å². The molecule has 17 heavy (non-hydrogen) atoms. The van der Waals surface area contributed by atoms with E-state index in [0.29, 0.717) is 0 Å². The molecule has 0 spiro atoms. The third-order valence-corrected chi connectivity index (χ3v) is 3.10. The van der Waals surface area contributed by atoms with Crippen molar-refractivity contribution in [3.63, 3.8) is 0 Å². The third kappa shape index (κ3) is 6.64. The number of thioether (sulfide) groups is 1. The summed E-state index contributed by atoms with van der Waals surface area (Å²) in [5.41, 5.74) is 1.19. The van der Waals surface area contributed by atoms with Crippen LogP contribution in [0.25, 0.3) is 0 Å². The van der Waals surface area contributed by atoms with Gasteiger partial charge in [0.2, 0.25) is 6.43 Å². The van der Waals surface area contributed by atoms with Crippen LogP contribution in [0.1, 0.15) is 26.3 Å². The van der Waals surface area contributed by atoms with Gasteiger partial charge in [-0.15, -0.1) is 11.8 Å². The lowest BCUT2D eigenvalue weighted by atomic mass is 10.1. The van der Waals surface area contributed by atoms with Gasteiger partial charge in [-0.3, -0.25) is 0 Å². The maximum atomic E-state index is 12.1. The van der Waals surface area contributed by atoms with Gasteiger partial charge < -0.3 is 5.32 Å². The predicted molar refractivity (Wildman–Crippen MR) is 69.8 cm³/mol. The number of alkyl halides is 2. The Balaban J connectivity index is 2.54. The van der Waals surface area contributed by atoms with Gasteiger partial charge in [0, 0.05) is 17.0 Å². The highest BCUT2D eigenvalue weighted by Crippen LogP contribution is 2.21. The Morgan fingerprint density at radius 3 is 2.59 bits per heavy atom. The summed E-state index contributed by atoms with van der Waals surface area (Å²) in [4.78, 5) is 0.901. The van der Waals surface area contributed by atoms with Crippen LogP contribution in [0.3, 0.4) is 0 Å². The average molecular weight is 259 g/mol. The minimum absolute atomic E-state index is 0.0616. The van der Waals surface area contributed by atoms with E-state index in [1.807, 2.05) is 24.3 Å². The quantitative estimate of drug-likeness (QED) is 0.804. The number of benzene rings is 1. The van der Waals surface area contributed by atoms with Gasteiger partial charge >= 0.3 is 0 Å². The second-order valence-corrected chi connectivity index (χ2v) is 6.05. The van der Waals surface area contributed by atoms with Crippen LogP contribution < -0.4 is 5.32 Å². The standard InChI is InChI=1S/C13H19F2NS/c1-13(2,3)16-8-10-5-4-6-11(7-10)17-9-12(14)15/h4-7,12,16H,8-9H2,1-3H3. The zero-order valence-electron chi connectivity index (χ0n) is 10.5. The second kappa shape index (κ2) is 6.36. The summed E-state index contributed by atoms with van der Waals surface area (Å²) < 4.78 is 24.2. The van der Waals surface area contributed by atoms with E-state index in [1.54, 1.807) is 0 Å². The first-order chi connectivity index (χ1) is 7.87. The first-order valence-electron chi connectivity index (χ1n) is 5.62. The number of halogens is 2. The van der Waals surface area contributed by atoms with Crippen LogP contribution in [-0.2, 0) is 6.54 Å². The monoisotopic (exact) mass is 259 g/mol. The molecular formula is C13H19F2NS. The van der Waals surface area contributed by atoms with E-state index in [0.717, 1.165) is 17.0 Å². The number of rotatable bonds is 5. The Kier molecular flexibility index (Phi) is 5.40. The van der Waals surface area contributed by atoms with E-state index in [-0.39, 0.29) is 11.3 Å². The lowest BCUT2D eigenvalue weighted by molar-refractivity contribution is 0.177. The van der Waals surface area contributed by atoms with Gasteiger partial charge in [0.25, 0.3) is 0 Å². The van der Waals surface area contributed by atoms with Crippen molar-refractivity contribution in [1.29, 1.82) is 0 Å². The normalized spacial score (nSPS) is 12.1. The maximum absolute atomic E-state index is 12.1. The summed E-state index contributed by atoms with van der Waals surface area (Å²) in [7, 11) is 0. The highest BCUT2D eigenvalue weighted by atomic mass is 32.2. The molecule has 0 fully saturated rings. The van der Waals surface area contributed by atoms with E-state index in [2.05, 4.69) is 26.1 Å². The number of hydrogen-bond donors (Lipinski definition) is 1. The van der Waals surface area contributed by atoms with Crippen molar-refractivity contribution in [3.8, 4) is 0 Å². The predicted octanol–water partition coefficient (Wildman–Crippen LogP) is 3.93. The molecule has 96 valence electrons. The van der Waals surface area contributed by atoms with E-state index in [1.165, 1.54) is 11.8 Å². The Morgan fingerprint density at radius 1 is 1.29 bits per heavy atom. The summed E-state index contributed by atoms with van der Waals surface area (Å²) in [6.45, 7) is 7.06. The zero-order chi connectivity index (χ0) is 12.9. The fourth-order valence-electron chi connectivity index (χ4n) is 1.27. The van der Waals surface area contributed by atoms with Crippen LogP contribution in [0.5, 0.6) is 0 Å².